The van der Waals surface area contributed by atoms with Gasteiger partial charge in [-0.15, -0.1) is 0 Å². The van der Waals surface area contributed by atoms with Gasteiger partial charge in [-0.1, -0.05) is 6.07 Å². The van der Waals surface area contributed by atoms with E-state index >= 15 is 0 Å². The van der Waals surface area contributed by atoms with Gasteiger partial charge in [0.15, 0.2) is 0 Å². The molecule has 1 aliphatic rings. The zero-order valence-corrected chi connectivity index (χ0v) is 12.7. The van der Waals surface area contributed by atoms with Gasteiger partial charge >= 0.3 is 0 Å². The van der Waals surface area contributed by atoms with E-state index in [1.165, 1.54) is 0 Å². The SMILES string of the molecule is COc1cccc(OC)c1C(=O)NCC1CCC(N)CC1. The van der Waals surface area contributed by atoms with Crippen molar-refractivity contribution in [3.63, 3.8) is 0 Å². The van der Waals surface area contributed by atoms with Crippen LogP contribution < -0.4 is 20.5 Å². The molecule has 1 amide bonds. The minimum absolute atomic E-state index is 0.154. The number of nitrogens with two attached hydrogens (primary N) is 1. The number of methoxy groups -OCH3 is 2. The Balaban J connectivity index is 2.00. The Morgan fingerprint density at radius 2 is 1.76 bits per heavy atom. The second kappa shape index (κ2) is 7.31. The first-order chi connectivity index (χ1) is 10.2. The van der Waals surface area contributed by atoms with E-state index < -0.39 is 0 Å². The minimum atomic E-state index is -0.154. The molecule has 0 aromatic heterocycles. The molecule has 1 aliphatic carbocycles. The summed E-state index contributed by atoms with van der Waals surface area (Å²) in [5.41, 5.74) is 6.35. The van der Waals surface area contributed by atoms with Crippen molar-refractivity contribution in [2.75, 3.05) is 20.8 Å². The Hall–Kier alpha value is -1.75. The molecule has 3 N–H and O–H groups in total. The molecular weight excluding hydrogens is 268 g/mol. The molecule has 1 aromatic rings. The first kappa shape index (κ1) is 15.6. The number of hydrogen-bond acceptors (Lipinski definition) is 4. The first-order valence-corrected chi connectivity index (χ1v) is 7.40. The van der Waals surface area contributed by atoms with E-state index in [9.17, 15) is 4.79 Å². The molecule has 0 heterocycles. The van der Waals surface area contributed by atoms with E-state index in [2.05, 4.69) is 5.32 Å². The lowest BCUT2D eigenvalue weighted by molar-refractivity contribution is 0.0937. The second-order valence-electron chi connectivity index (χ2n) is 5.53. The van der Waals surface area contributed by atoms with Crippen molar-refractivity contribution in [2.24, 2.45) is 11.7 Å². The van der Waals surface area contributed by atoms with Crippen molar-refractivity contribution in [1.29, 1.82) is 0 Å². The average Bonchev–Trinajstić information content (AvgIpc) is 2.53. The zero-order valence-electron chi connectivity index (χ0n) is 12.7. The van der Waals surface area contributed by atoms with Gasteiger partial charge in [0.2, 0.25) is 0 Å². The monoisotopic (exact) mass is 292 g/mol. The van der Waals surface area contributed by atoms with Gasteiger partial charge in [0, 0.05) is 12.6 Å². The van der Waals surface area contributed by atoms with Gasteiger partial charge in [-0.05, 0) is 43.7 Å². The molecule has 1 aromatic carbocycles. The molecule has 0 bridgehead atoms. The molecule has 2 rings (SSSR count). The number of nitrogens with one attached hydrogen (secondary N) is 1. The van der Waals surface area contributed by atoms with Crippen LogP contribution in [0.4, 0.5) is 0 Å². The van der Waals surface area contributed by atoms with Gasteiger partial charge in [0.05, 0.1) is 14.2 Å². The maximum absolute atomic E-state index is 12.4. The van der Waals surface area contributed by atoms with Crippen molar-refractivity contribution in [2.45, 2.75) is 31.7 Å². The van der Waals surface area contributed by atoms with Crippen molar-refractivity contribution >= 4 is 5.91 Å². The second-order valence-corrected chi connectivity index (χ2v) is 5.53. The number of carbonyl (C=O) groups is 1. The number of ether oxygens (including phenoxy) is 2. The van der Waals surface area contributed by atoms with E-state index in [4.69, 9.17) is 15.2 Å². The van der Waals surface area contributed by atoms with Crippen LogP contribution in [0.1, 0.15) is 36.0 Å². The third-order valence-electron chi connectivity index (χ3n) is 4.10. The van der Waals surface area contributed by atoms with Crippen LogP contribution in [0.2, 0.25) is 0 Å². The highest BCUT2D eigenvalue weighted by Gasteiger charge is 2.22. The summed E-state index contributed by atoms with van der Waals surface area (Å²) in [6.07, 6.45) is 4.23. The quantitative estimate of drug-likeness (QED) is 0.870. The van der Waals surface area contributed by atoms with Gasteiger partial charge in [0.1, 0.15) is 17.1 Å². The van der Waals surface area contributed by atoms with Crippen LogP contribution >= 0.6 is 0 Å². The molecule has 21 heavy (non-hydrogen) atoms. The Labute approximate surface area is 125 Å². The fourth-order valence-electron chi connectivity index (χ4n) is 2.79. The molecule has 0 spiro atoms. The Kier molecular flexibility index (Phi) is 5.44. The van der Waals surface area contributed by atoms with Crippen LogP contribution in [0.25, 0.3) is 0 Å². The van der Waals surface area contributed by atoms with Crippen molar-refractivity contribution in [1.82, 2.24) is 5.32 Å². The summed E-state index contributed by atoms with van der Waals surface area (Å²) in [4.78, 5) is 12.4. The van der Waals surface area contributed by atoms with Crippen molar-refractivity contribution in [3.05, 3.63) is 23.8 Å². The summed E-state index contributed by atoms with van der Waals surface area (Å²) in [6, 6.07) is 5.65. The van der Waals surface area contributed by atoms with E-state index in [0.29, 0.717) is 35.6 Å². The largest absolute Gasteiger partial charge is 0.496 e. The molecule has 0 radical (unpaired) electrons. The van der Waals surface area contributed by atoms with Gasteiger partial charge in [-0.25, -0.2) is 0 Å². The predicted octanol–water partition coefficient (Wildman–Crippen LogP) is 1.95. The topological polar surface area (TPSA) is 73.6 Å². The average molecular weight is 292 g/mol. The molecule has 5 heteroatoms. The molecule has 0 saturated heterocycles. The first-order valence-electron chi connectivity index (χ1n) is 7.40. The number of hydrogen-bond donors (Lipinski definition) is 2. The standard InChI is InChI=1S/C16H24N2O3/c1-20-13-4-3-5-14(21-2)15(13)16(19)18-10-11-6-8-12(17)9-7-11/h3-5,11-12H,6-10,17H2,1-2H3,(H,18,19). The summed E-state index contributed by atoms with van der Waals surface area (Å²) in [6.45, 7) is 0.673. The third-order valence-corrected chi connectivity index (χ3v) is 4.10. The van der Waals surface area contributed by atoms with E-state index in [1.54, 1.807) is 32.4 Å². The lowest BCUT2D eigenvalue weighted by atomic mass is 9.86. The normalized spacial score (nSPS) is 21.7. The number of rotatable bonds is 5. The maximum atomic E-state index is 12.4. The Bertz CT molecular complexity index is 460. The maximum Gasteiger partial charge on any atom is 0.258 e. The van der Waals surface area contributed by atoms with Gasteiger partial charge < -0.3 is 20.5 Å². The Morgan fingerprint density at radius 3 is 2.29 bits per heavy atom. The van der Waals surface area contributed by atoms with E-state index in [1.807, 2.05) is 0 Å². The summed E-state index contributed by atoms with van der Waals surface area (Å²) in [5, 5.41) is 2.99. The molecule has 1 saturated carbocycles. The van der Waals surface area contributed by atoms with Crippen LogP contribution in [0.15, 0.2) is 18.2 Å². The van der Waals surface area contributed by atoms with Crippen LogP contribution in [0, 0.1) is 5.92 Å². The lowest BCUT2D eigenvalue weighted by Gasteiger charge is -2.26. The molecule has 5 nitrogen and oxygen atoms in total. The van der Waals surface area contributed by atoms with Crippen LogP contribution in [-0.2, 0) is 0 Å². The highest BCUT2D eigenvalue weighted by atomic mass is 16.5. The third kappa shape index (κ3) is 3.88. The molecule has 1 fully saturated rings. The van der Waals surface area contributed by atoms with Crippen LogP contribution in [0.3, 0.4) is 0 Å². The van der Waals surface area contributed by atoms with Gasteiger partial charge in [0.25, 0.3) is 5.91 Å². The van der Waals surface area contributed by atoms with Gasteiger partial charge in [-0.3, -0.25) is 4.79 Å². The number of carbonyl (C=O) groups excluding carboxylic acids is 1. The van der Waals surface area contributed by atoms with Crippen LogP contribution in [0.5, 0.6) is 11.5 Å². The summed E-state index contributed by atoms with van der Waals surface area (Å²) in [5.74, 6) is 1.41. The summed E-state index contributed by atoms with van der Waals surface area (Å²) >= 11 is 0. The lowest BCUT2D eigenvalue weighted by Crippen LogP contribution is -2.34. The fraction of sp³-hybridized carbons (Fsp3) is 0.562. The van der Waals surface area contributed by atoms with E-state index in [0.717, 1.165) is 25.7 Å². The van der Waals surface area contributed by atoms with Crippen LogP contribution in [-0.4, -0.2) is 32.7 Å². The van der Waals surface area contributed by atoms with Crippen molar-refractivity contribution < 1.29 is 14.3 Å². The van der Waals surface area contributed by atoms with Gasteiger partial charge in [-0.2, -0.15) is 0 Å². The number of benzene rings is 1. The molecular formula is C16H24N2O3. The Morgan fingerprint density at radius 1 is 1.19 bits per heavy atom. The highest BCUT2D eigenvalue weighted by Crippen LogP contribution is 2.28. The minimum Gasteiger partial charge on any atom is -0.496 e. The zero-order chi connectivity index (χ0) is 15.2. The molecule has 0 unspecified atom stereocenters. The number of amides is 1. The summed E-state index contributed by atoms with van der Waals surface area (Å²) in [7, 11) is 3.10. The van der Waals surface area contributed by atoms with E-state index in [-0.39, 0.29) is 5.91 Å². The smallest absolute Gasteiger partial charge is 0.258 e. The summed E-state index contributed by atoms with van der Waals surface area (Å²) < 4.78 is 10.5. The molecule has 116 valence electrons. The fourth-order valence-corrected chi connectivity index (χ4v) is 2.79. The predicted molar refractivity (Wildman–Crippen MR) is 81.8 cm³/mol. The molecule has 0 atom stereocenters. The molecule has 0 aliphatic heterocycles. The highest BCUT2D eigenvalue weighted by molar-refractivity contribution is 5.99. The van der Waals surface area contributed by atoms with Crippen molar-refractivity contribution in [3.8, 4) is 11.5 Å².